The predicted molar refractivity (Wildman–Crippen MR) is 82.2 cm³/mol. The maximum Gasteiger partial charge on any atom is 0.307 e. The molecule has 2 aromatic rings. The van der Waals surface area contributed by atoms with Crippen molar-refractivity contribution in [1.29, 1.82) is 0 Å². The Morgan fingerprint density at radius 3 is 2.77 bits per heavy atom. The van der Waals surface area contributed by atoms with Crippen LogP contribution in [0.4, 0.5) is 11.5 Å². The first-order valence-electron chi connectivity index (χ1n) is 6.02. The van der Waals surface area contributed by atoms with Gasteiger partial charge in [-0.05, 0) is 23.8 Å². The maximum atomic E-state index is 12.3. The number of aliphatic carboxylic acids is 1. The van der Waals surface area contributed by atoms with Crippen molar-refractivity contribution in [3.05, 3.63) is 47.1 Å². The van der Waals surface area contributed by atoms with E-state index in [1.807, 2.05) is 0 Å². The molecule has 22 heavy (non-hydrogen) atoms. The molecular weight excluding hydrogens is 330 g/mol. The van der Waals surface area contributed by atoms with Crippen molar-refractivity contribution < 1.29 is 18.3 Å². The van der Waals surface area contributed by atoms with Crippen molar-refractivity contribution in [3.63, 3.8) is 0 Å². The van der Waals surface area contributed by atoms with Crippen LogP contribution in [0.25, 0.3) is 0 Å². The van der Waals surface area contributed by atoms with Crippen LogP contribution in [0.2, 0.25) is 5.02 Å². The molecule has 0 aliphatic carbocycles. The number of sulfonamides is 1. The molecular formula is C13H12ClN3O4S. The van der Waals surface area contributed by atoms with E-state index in [0.29, 0.717) is 5.56 Å². The average Bonchev–Trinajstić information content (AvgIpc) is 2.40. The maximum absolute atomic E-state index is 12.3. The summed E-state index contributed by atoms with van der Waals surface area (Å²) in [6.45, 7) is 0. The van der Waals surface area contributed by atoms with Crippen LogP contribution in [-0.4, -0.2) is 24.5 Å². The second-order valence-corrected chi connectivity index (χ2v) is 6.50. The first-order valence-corrected chi connectivity index (χ1v) is 7.88. The van der Waals surface area contributed by atoms with Crippen LogP contribution >= 0.6 is 11.6 Å². The average molecular weight is 342 g/mol. The molecule has 1 aromatic carbocycles. The highest BCUT2D eigenvalue weighted by Gasteiger charge is 2.19. The predicted octanol–water partition coefficient (Wildman–Crippen LogP) is 1.75. The van der Waals surface area contributed by atoms with E-state index in [-0.39, 0.29) is 27.8 Å². The summed E-state index contributed by atoms with van der Waals surface area (Å²) in [5, 5.41) is 8.89. The number of benzene rings is 1. The highest BCUT2D eigenvalue weighted by Crippen LogP contribution is 2.23. The lowest BCUT2D eigenvalue weighted by atomic mass is 10.1. The molecule has 1 heterocycles. The first kappa shape index (κ1) is 16.1. The number of carbonyl (C=O) groups is 1. The molecule has 1 aromatic heterocycles. The number of halogens is 1. The molecule has 0 aliphatic heterocycles. The van der Waals surface area contributed by atoms with Gasteiger partial charge in [-0.2, -0.15) is 0 Å². The number of pyridine rings is 1. The zero-order valence-corrected chi connectivity index (χ0v) is 12.7. The number of carboxylic acids is 1. The van der Waals surface area contributed by atoms with Gasteiger partial charge in [-0.25, -0.2) is 13.4 Å². The zero-order valence-electron chi connectivity index (χ0n) is 11.2. The fraction of sp³-hybridized carbons (Fsp3) is 0.0769. The SMILES string of the molecule is Nc1ncc(Cl)cc1S(=O)(=O)Nc1cccc(CC(=O)O)c1. The fourth-order valence-corrected chi connectivity index (χ4v) is 3.16. The van der Waals surface area contributed by atoms with E-state index in [9.17, 15) is 13.2 Å². The second kappa shape index (κ2) is 6.20. The minimum absolute atomic E-state index is 0.134. The molecule has 0 spiro atoms. The third kappa shape index (κ3) is 3.86. The Hall–Kier alpha value is -2.32. The van der Waals surface area contributed by atoms with Gasteiger partial charge in [0.1, 0.15) is 10.7 Å². The van der Waals surface area contributed by atoms with E-state index in [1.54, 1.807) is 12.1 Å². The molecule has 0 atom stereocenters. The molecule has 0 radical (unpaired) electrons. The Balaban J connectivity index is 2.33. The van der Waals surface area contributed by atoms with E-state index in [4.69, 9.17) is 22.4 Å². The van der Waals surface area contributed by atoms with Crippen molar-refractivity contribution in [1.82, 2.24) is 4.98 Å². The monoisotopic (exact) mass is 341 g/mol. The number of rotatable bonds is 5. The summed E-state index contributed by atoms with van der Waals surface area (Å²) >= 11 is 5.73. The van der Waals surface area contributed by atoms with Gasteiger partial charge in [0.05, 0.1) is 11.4 Å². The molecule has 0 saturated carbocycles. The number of hydrogen-bond acceptors (Lipinski definition) is 5. The van der Waals surface area contributed by atoms with Crippen molar-refractivity contribution >= 4 is 39.1 Å². The number of anilines is 2. The van der Waals surface area contributed by atoms with E-state index in [0.717, 1.165) is 0 Å². The molecule has 0 amide bonds. The summed E-state index contributed by atoms with van der Waals surface area (Å²) in [4.78, 5) is 14.1. The second-order valence-electron chi connectivity index (χ2n) is 4.41. The molecule has 4 N–H and O–H groups in total. The van der Waals surface area contributed by atoms with Gasteiger partial charge < -0.3 is 10.8 Å². The van der Waals surface area contributed by atoms with Crippen LogP contribution in [0.15, 0.2) is 41.4 Å². The van der Waals surface area contributed by atoms with Gasteiger partial charge in [-0.15, -0.1) is 0 Å². The van der Waals surface area contributed by atoms with Crippen molar-refractivity contribution in [3.8, 4) is 0 Å². The van der Waals surface area contributed by atoms with Gasteiger partial charge in [-0.1, -0.05) is 23.7 Å². The summed E-state index contributed by atoms with van der Waals surface area (Å²) in [6, 6.07) is 7.25. The summed E-state index contributed by atoms with van der Waals surface area (Å²) in [6.07, 6.45) is 1.03. The van der Waals surface area contributed by atoms with Gasteiger partial charge in [0.15, 0.2) is 0 Å². The lowest BCUT2D eigenvalue weighted by molar-refractivity contribution is -0.136. The van der Waals surface area contributed by atoms with Crippen molar-refractivity contribution in [2.75, 3.05) is 10.5 Å². The lowest BCUT2D eigenvalue weighted by Crippen LogP contribution is -2.15. The van der Waals surface area contributed by atoms with Crippen LogP contribution in [0.5, 0.6) is 0 Å². The molecule has 0 saturated heterocycles. The van der Waals surface area contributed by atoms with E-state index in [1.165, 1.54) is 24.4 Å². The summed E-state index contributed by atoms with van der Waals surface area (Å²) in [5.41, 5.74) is 6.24. The Morgan fingerprint density at radius 2 is 2.09 bits per heavy atom. The smallest absolute Gasteiger partial charge is 0.307 e. The summed E-state index contributed by atoms with van der Waals surface area (Å²) in [7, 11) is -3.98. The topological polar surface area (TPSA) is 122 Å². The first-order chi connectivity index (χ1) is 10.3. The van der Waals surface area contributed by atoms with Gasteiger partial charge in [0.25, 0.3) is 10.0 Å². The van der Waals surface area contributed by atoms with Crippen LogP contribution < -0.4 is 10.5 Å². The number of nitrogens with two attached hydrogens (primary N) is 1. The van der Waals surface area contributed by atoms with Crippen molar-refractivity contribution in [2.45, 2.75) is 11.3 Å². The molecule has 2 rings (SSSR count). The normalized spacial score (nSPS) is 11.1. The molecule has 0 bridgehead atoms. The van der Waals surface area contributed by atoms with E-state index < -0.39 is 16.0 Å². The summed E-state index contributed by atoms with van der Waals surface area (Å²) in [5.74, 6) is -1.19. The Bertz CT molecular complexity index is 824. The van der Waals surface area contributed by atoms with Crippen LogP contribution in [-0.2, 0) is 21.2 Å². The van der Waals surface area contributed by atoms with Crippen LogP contribution in [0.3, 0.4) is 0 Å². The van der Waals surface area contributed by atoms with Gasteiger partial charge in [0.2, 0.25) is 0 Å². The molecule has 0 aliphatic rings. The van der Waals surface area contributed by atoms with E-state index >= 15 is 0 Å². The number of carboxylic acid groups (broad SMARTS) is 1. The number of nitrogen functional groups attached to an aromatic ring is 1. The molecule has 9 heteroatoms. The minimum Gasteiger partial charge on any atom is -0.481 e. The van der Waals surface area contributed by atoms with Crippen LogP contribution in [0, 0.1) is 0 Å². The fourth-order valence-electron chi connectivity index (χ4n) is 1.78. The van der Waals surface area contributed by atoms with Crippen molar-refractivity contribution in [2.24, 2.45) is 0 Å². The highest BCUT2D eigenvalue weighted by atomic mass is 35.5. The molecule has 116 valence electrons. The standard InChI is InChI=1S/C13H12ClN3O4S/c14-9-6-11(13(15)16-7-9)22(20,21)17-10-3-1-2-8(4-10)5-12(18)19/h1-4,6-7,17H,5H2,(H2,15,16)(H,18,19). The third-order valence-electron chi connectivity index (χ3n) is 2.67. The zero-order chi connectivity index (χ0) is 16.3. The van der Waals surface area contributed by atoms with Gasteiger partial charge >= 0.3 is 5.97 Å². The highest BCUT2D eigenvalue weighted by molar-refractivity contribution is 7.92. The molecule has 0 fully saturated rings. The molecule has 7 nitrogen and oxygen atoms in total. The summed E-state index contributed by atoms with van der Waals surface area (Å²) < 4.78 is 26.9. The number of nitrogens with zero attached hydrogens (tertiary/aromatic N) is 1. The third-order valence-corrected chi connectivity index (χ3v) is 4.29. The van der Waals surface area contributed by atoms with E-state index in [2.05, 4.69) is 9.71 Å². The lowest BCUT2D eigenvalue weighted by Gasteiger charge is -2.10. The minimum atomic E-state index is -3.98. The molecule has 0 unspecified atom stereocenters. The quantitative estimate of drug-likeness (QED) is 0.761. The number of aromatic nitrogens is 1. The number of hydrogen-bond donors (Lipinski definition) is 3. The Morgan fingerprint density at radius 1 is 1.36 bits per heavy atom. The Labute approximate surface area is 131 Å². The van der Waals surface area contributed by atoms with Gasteiger partial charge in [-0.3, -0.25) is 9.52 Å². The Kier molecular flexibility index (Phi) is 4.53. The number of nitrogens with one attached hydrogen (secondary N) is 1. The largest absolute Gasteiger partial charge is 0.481 e. The van der Waals surface area contributed by atoms with Gasteiger partial charge in [0, 0.05) is 11.9 Å². The van der Waals surface area contributed by atoms with Crippen LogP contribution in [0.1, 0.15) is 5.56 Å².